The number of methoxy groups -OCH3 is 1. The monoisotopic (exact) mass is 345 g/mol. The van der Waals surface area contributed by atoms with Crippen molar-refractivity contribution in [3.8, 4) is 0 Å². The van der Waals surface area contributed by atoms with Crippen LogP contribution in [-0.2, 0) is 14.3 Å². The van der Waals surface area contributed by atoms with Crippen molar-refractivity contribution in [2.24, 2.45) is 11.3 Å². The molecule has 2 fully saturated rings. The fourth-order valence-electron chi connectivity index (χ4n) is 4.25. The molecule has 136 valence electrons. The van der Waals surface area contributed by atoms with Gasteiger partial charge in [-0.25, -0.2) is 0 Å². The number of benzene rings is 1. The second-order valence-corrected chi connectivity index (χ2v) is 7.59. The fraction of sp³-hybridized carbons (Fsp3) is 0.600. The van der Waals surface area contributed by atoms with Crippen LogP contribution in [0, 0.1) is 11.3 Å². The number of hydrogen-bond acceptors (Lipinski definition) is 3. The average Bonchev–Trinajstić information content (AvgIpc) is 2.58. The van der Waals surface area contributed by atoms with Crippen molar-refractivity contribution >= 4 is 11.9 Å². The Balaban J connectivity index is 1.53. The van der Waals surface area contributed by atoms with Crippen LogP contribution in [0.25, 0.3) is 0 Å². The minimum atomic E-state index is -0.950. The first-order chi connectivity index (χ1) is 12.0. The zero-order valence-electron chi connectivity index (χ0n) is 14.8. The lowest BCUT2D eigenvalue weighted by Gasteiger charge is -2.41. The molecule has 1 aliphatic heterocycles. The molecule has 3 rings (SSSR count). The Morgan fingerprint density at radius 1 is 1.28 bits per heavy atom. The molecule has 5 heteroatoms. The van der Waals surface area contributed by atoms with Crippen LogP contribution in [-0.4, -0.2) is 48.7 Å². The summed E-state index contributed by atoms with van der Waals surface area (Å²) in [6.45, 7) is 1.09. The van der Waals surface area contributed by atoms with Crippen molar-refractivity contribution in [1.29, 1.82) is 0 Å². The number of rotatable bonds is 6. The second-order valence-electron chi connectivity index (χ2n) is 7.59. The van der Waals surface area contributed by atoms with Crippen LogP contribution in [0.3, 0.4) is 0 Å². The third kappa shape index (κ3) is 3.87. The molecule has 1 aromatic carbocycles. The Hall–Kier alpha value is -1.88. The number of carbonyl (C=O) groups excluding carboxylic acids is 1. The highest BCUT2D eigenvalue weighted by atomic mass is 16.5. The molecule has 1 atom stereocenters. The van der Waals surface area contributed by atoms with Gasteiger partial charge in [0.15, 0.2) is 0 Å². The molecule has 2 aliphatic rings. The van der Waals surface area contributed by atoms with Crippen molar-refractivity contribution in [3.63, 3.8) is 0 Å². The van der Waals surface area contributed by atoms with E-state index in [0.29, 0.717) is 31.2 Å². The summed E-state index contributed by atoms with van der Waals surface area (Å²) in [4.78, 5) is 26.1. The third-order valence-corrected chi connectivity index (χ3v) is 5.77. The molecule has 0 unspecified atom stereocenters. The number of carbonyl (C=O) groups is 2. The van der Waals surface area contributed by atoms with Crippen LogP contribution in [0.5, 0.6) is 0 Å². The fourth-order valence-corrected chi connectivity index (χ4v) is 4.25. The van der Waals surface area contributed by atoms with Crippen molar-refractivity contribution in [3.05, 3.63) is 35.9 Å². The zero-order valence-corrected chi connectivity index (χ0v) is 14.8. The summed E-state index contributed by atoms with van der Waals surface area (Å²) < 4.78 is 5.13. The maximum atomic E-state index is 12.7. The summed E-state index contributed by atoms with van der Waals surface area (Å²) >= 11 is 0. The Morgan fingerprint density at radius 2 is 2.00 bits per heavy atom. The lowest BCUT2D eigenvalue weighted by atomic mass is 9.70. The van der Waals surface area contributed by atoms with E-state index >= 15 is 0 Å². The average molecular weight is 345 g/mol. The Morgan fingerprint density at radius 3 is 2.64 bits per heavy atom. The van der Waals surface area contributed by atoms with Gasteiger partial charge in [-0.1, -0.05) is 30.3 Å². The number of nitrogens with zero attached hydrogens (tertiary/aromatic N) is 1. The maximum Gasteiger partial charge on any atom is 0.313 e. The first-order valence-corrected chi connectivity index (χ1v) is 9.09. The number of hydrogen-bond donors (Lipinski definition) is 1. The third-order valence-electron chi connectivity index (χ3n) is 5.77. The number of ether oxygens (including phenoxy) is 1. The molecule has 25 heavy (non-hydrogen) atoms. The zero-order chi connectivity index (χ0) is 17.9. The Kier molecular flexibility index (Phi) is 5.42. The van der Waals surface area contributed by atoms with Crippen LogP contribution in [0.15, 0.2) is 30.3 Å². The van der Waals surface area contributed by atoms with Gasteiger partial charge in [-0.05, 0) is 43.1 Å². The minimum absolute atomic E-state index is 0.0953. The molecule has 1 saturated carbocycles. The largest absolute Gasteiger partial charge is 0.481 e. The first kappa shape index (κ1) is 17.9. The lowest BCUT2D eigenvalue weighted by molar-refractivity contribution is -0.159. The van der Waals surface area contributed by atoms with Gasteiger partial charge in [0.1, 0.15) is 5.41 Å². The standard InChI is InChI=1S/C20H27NO4/c1-25-14-20(19(23)24)8-5-9-21(13-20)18(22)12-15-10-17(11-15)16-6-3-2-4-7-16/h2-4,6-7,15,17H,5,8-14H2,1H3,(H,23,24)/t15?,17?,20-/m1/s1. The summed E-state index contributed by atoms with van der Waals surface area (Å²) in [5.41, 5.74) is 0.406. The highest BCUT2D eigenvalue weighted by molar-refractivity contribution is 5.80. The number of carboxylic acid groups (broad SMARTS) is 1. The van der Waals surface area contributed by atoms with E-state index in [-0.39, 0.29) is 19.1 Å². The van der Waals surface area contributed by atoms with Crippen LogP contribution >= 0.6 is 0 Å². The van der Waals surface area contributed by atoms with Gasteiger partial charge in [0.25, 0.3) is 0 Å². The molecule has 0 radical (unpaired) electrons. The normalized spacial score (nSPS) is 29.1. The van der Waals surface area contributed by atoms with Crippen molar-refractivity contribution in [2.75, 3.05) is 26.8 Å². The molecule has 1 amide bonds. The smallest absolute Gasteiger partial charge is 0.313 e. The van der Waals surface area contributed by atoms with Crippen LogP contribution in [0.2, 0.25) is 0 Å². The topological polar surface area (TPSA) is 66.8 Å². The van der Waals surface area contributed by atoms with Gasteiger partial charge in [0, 0.05) is 26.6 Å². The van der Waals surface area contributed by atoms with Gasteiger partial charge >= 0.3 is 5.97 Å². The molecule has 1 saturated heterocycles. The number of amides is 1. The minimum Gasteiger partial charge on any atom is -0.481 e. The molecule has 1 heterocycles. The highest BCUT2D eigenvalue weighted by Crippen LogP contribution is 2.43. The highest BCUT2D eigenvalue weighted by Gasteiger charge is 2.44. The van der Waals surface area contributed by atoms with Crippen molar-refractivity contribution < 1.29 is 19.4 Å². The van der Waals surface area contributed by atoms with Gasteiger partial charge in [-0.2, -0.15) is 0 Å². The summed E-state index contributed by atoms with van der Waals surface area (Å²) in [6, 6.07) is 10.4. The summed E-state index contributed by atoms with van der Waals surface area (Å²) in [5.74, 6) is 0.214. The SMILES string of the molecule is COC[C@@]1(C(=O)O)CCCN(C(=O)CC2CC(c3ccccc3)C2)C1. The van der Waals surface area contributed by atoms with Gasteiger partial charge < -0.3 is 14.7 Å². The van der Waals surface area contributed by atoms with E-state index in [2.05, 4.69) is 24.3 Å². The van der Waals surface area contributed by atoms with Crippen molar-refractivity contribution in [1.82, 2.24) is 4.90 Å². The van der Waals surface area contributed by atoms with Crippen LogP contribution in [0.4, 0.5) is 0 Å². The van der Waals surface area contributed by atoms with Crippen LogP contribution in [0.1, 0.15) is 43.6 Å². The Labute approximate surface area is 149 Å². The summed E-state index contributed by atoms with van der Waals surface area (Å²) in [5, 5.41) is 9.60. The van der Waals surface area contributed by atoms with E-state index in [4.69, 9.17) is 4.74 Å². The van der Waals surface area contributed by atoms with Gasteiger partial charge in [0.05, 0.1) is 6.61 Å². The van der Waals surface area contributed by atoms with E-state index in [1.165, 1.54) is 12.7 Å². The van der Waals surface area contributed by atoms with Crippen LogP contribution < -0.4 is 0 Å². The molecule has 5 nitrogen and oxygen atoms in total. The lowest BCUT2D eigenvalue weighted by Crippen LogP contribution is -2.52. The van der Waals surface area contributed by atoms with E-state index in [1.54, 1.807) is 4.90 Å². The molecular weight excluding hydrogens is 318 g/mol. The van der Waals surface area contributed by atoms with Gasteiger partial charge in [-0.3, -0.25) is 9.59 Å². The van der Waals surface area contributed by atoms with E-state index in [9.17, 15) is 14.7 Å². The predicted octanol–water partition coefficient (Wildman–Crippen LogP) is 2.91. The quantitative estimate of drug-likeness (QED) is 0.861. The van der Waals surface area contributed by atoms with Crippen molar-refractivity contribution in [2.45, 2.75) is 38.0 Å². The molecular formula is C20H27NO4. The molecule has 0 aromatic heterocycles. The van der Waals surface area contributed by atoms with Gasteiger partial charge in [-0.15, -0.1) is 0 Å². The molecule has 1 aliphatic carbocycles. The van der Waals surface area contributed by atoms with Gasteiger partial charge in [0.2, 0.25) is 5.91 Å². The number of carboxylic acids is 1. The number of piperidine rings is 1. The number of likely N-dealkylation sites (tertiary alicyclic amines) is 1. The Bertz CT molecular complexity index is 607. The first-order valence-electron chi connectivity index (χ1n) is 9.09. The molecule has 0 spiro atoms. The van der Waals surface area contributed by atoms with E-state index in [0.717, 1.165) is 19.3 Å². The summed E-state index contributed by atoms with van der Waals surface area (Å²) in [7, 11) is 1.52. The molecule has 0 bridgehead atoms. The number of aliphatic carboxylic acids is 1. The molecule has 1 aromatic rings. The summed E-state index contributed by atoms with van der Waals surface area (Å²) in [6.07, 6.45) is 3.92. The second kappa shape index (κ2) is 7.56. The maximum absolute atomic E-state index is 12.7. The molecule has 1 N–H and O–H groups in total. The van der Waals surface area contributed by atoms with E-state index < -0.39 is 11.4 Å². The predicted molar refractivity (Wildman–Crippen MR) is 94.3 cm³/mol. The van der Waals surface area contributed by atoms with E-state index in [1.807, 2.05) is 6.07 Å².